The highest BCUT2D eigenvalue weighted by Gasteiger charge is 2.43. The molecule has 1 unspecified atom stereocenters. The van der Waals surface area contributed by atoms with Crippen molar-refractivity contribution in [1.29, 1.82) is 5.26 Å². The zero-order valence-electron chi connectivity index (χ0n) is 12.1. The minimum Gasteiger partial charge on any atom is -0.497 e. The van der Waals surface area contributed by atoms with Crippen LogP contribution < -0.4 is 9.47 Å². The Morgan fingerprint density at radius 3 is 2.81 bits per heavy atom. The third-order valence-corrected chi connectivity index (χ3v) is 3.86. The van der Waals surface area contributed by atoms with E-state index in [1.54, 1.807) is 31.4 Å². The van der Waals surface area contributed by atoms with Crippen molar-refractivity contribution in [2.45, 2.75) is 20.0 Å². The quantitative estimate of drug-likeness (QED) is 0.793. The Balaban J connectivity index is 2.15. The average Bonchev–Trinajstić information content (AvgIpc) is 2.47. The summed E-state index contributed by atoms with van der Waals surface area (Å²) in [5, 5.41) is 9.14. The number of nitriles is 1. The van der Waals surface area contributed by atoms with Crippen LogP contribution in [-0.4, -0.2) is 19.0 Å². The molecule has 21 heavy (non-hydrogen) atoms. The molecule has 0 saturated carbocycles. The molecule has 1 atom stereocenters. The molecule has 4 nitrogen and oxygen atoms in total. The Kier molecular flexibility index (Phi) is 2.87. The van der Waals surface area contributed by atoms with Crippen molar-refractivity contribution in [3.05, 3.63) is 47.1 Å². The Hall–Kier alpha value is -2.54. The highest BCUT2D eigenvalue weighted by molar-refractivity contribution is 6.13. The summed E-state index contributed by atoms with van der Waals surface area (Å²) < 4.78 is 11.2. The second-order valence-corrected chi connectivity index (χ2v) is 5.82. The summed E-state index contributed by atoms with van der Waals surface area (Å²) >= 11 is 0. The molecule has 2 aliphatic rings. The van der Waals surface area contributed by atoms with Crippen LogP contribution >= 0.6 is 0 Å². The molecule has 0 saturated heterocycles. The summed E-state index contributed by atoms with van der Waals surface area (Å²) in [6.45, 7) is 3.92. The average molecular weight is 281 g/mol. The van der Waals surface area contributed by atoms with Crippen LogP contribution in [0.5, 0.6) is 11.5 Å². The van der Waals surface area contributed by atoms with E-state index in [9.17, 15) is 4.79 Å². The summed E-state index contributed by atoms with van der Waals surface area (Å²) in [5.41, 5.74) is 1.09. The summed E-state index contributed by atoms with van der Waals surface area (Å²) in [4.78, 5) is 12.7. The molecule has 3 rings (SSSR count). The van der Waals surface area contributed by atoms with Gasteiger partial charge in [-0.15, -0.1) is 0 Å². The third kappa shape index (κ3) is 2.02. The SMILES string of the molecule is COc1ccc2c(c1)C(=O)C1=CC(C#N)=CC(C)(C)C1O2. The van der Waals surface area contributed by atoms with Crippen molar-refractivity contribution in [2.75, 3.05) is 7.11 Å². The third-order valence-electron chi connectivity index (χ3n) is 3.86. The number of allylic oxidation sites excluding steroid dienone is 2. The predicted octanol–water partition coefficient (Wildman–Crippen LogP) is 3.06. The molecular weight excluding hydrogens is 266 g/mol. The first-order valence-electron chi connectivity index (χ1n) is 6.70. The van der Waals surface area contributed by atoms with Gasteiger partial charge in [0.15, 0.2) is 5.78 Å². The number of benzene rings is 1. The molecule has 0 spiro atoms. The number of carbonyl (C=O) groups excluding carboxylic acids is 1. The van der Waals surface area contributed by atoms with Gasteiger partial charge in [0.1, 0.15) is 17.6 Å². The molecule has 0 bridgehead atoms. The number of ether oxygens (including phenoxy) is 2. The molecule has 106 valence electrons. The number of ketones is 1. The van der Waals surface area contributed by atoms with Gasteiger partial charge < -0.3 is 9.47 Å². The fourth-order valence-electron chi connectivity index (χ4n) is 2.83. The Morgan fingerprint density at radius 1 is 1.38 bits per heavy atom. The number of nitrogens with zero attached hydrogens (tertiary/aromatic N) is 1. The Bertz CT molecular complexity index is 735. The van der Waals surface area contributed by atoms with Crippen LogP contribution in [0, 0.1) is 16.7 Å². The molecule has 0 aromatic heterocycles. The van der Waals surface area contributed by atoms with Gasteiger partial charge in [-0.05, 0) is 24.3 Å². The molecule has 1 aliphatic heterocycles. The van der Waals surface area contributed by atoms with Gasteiger partial charge in [0.25, 0.3) is 0 Å². The van der Waals surface area contributed by atoms with Crippen molar-refractivity contribution >= 4 is 5.78 Å². The number of methoxy groups -OCH3 is 1. The summed E-state index contributed by atoms with van der Waals surface area (Å²) in [6.07, 6.45) is 3.10. The molecule has 1 heterocycles. The van der Waals surface area contributed by atoms with Crippen molar-refractivity contribution in [3.63, 3.8) is 0 Å². The van der Waals surface area contributed by atoms with Gasteiger partial charge in [-0.1, -0.05) is 19.9 Å². The number of rotatable bonds is 1. The summed E-state index contributed by atoms with van der Waals surface area (Å²) in [6, 6.07) is 7.31. The van der Waals surface area contributed by atoms with E-state index in [1.807, 2.05) is 19.9 Å². The van der Waals surface area contributed by atoms with Gasteiger partial charge in [-0.3, -0.25) is 4.79 Å². The zero-order valence-corrected chi connectivity index (χ0v) is 12.1. The number of hydrogen-bond donors (Lipinski definition) is 0. The molecule has 0 fully saturated rings. The zero-order chi connectivity index (χ0) is 15.2. The monoisotopic (exact) mass is 281 g/mol. The molecule has 1 aromatic rings. The van der Waals surface area contributed by atoms with E-state index in [-0.39, 0.29) is 11.9 Å². The van der Waals surface area contributed by atoms with E-state index in [4.69, 9.17) is 14.7 Å². The van der Waals surface area contributed by atoms with Gasteiger partial charge in [0, 0.05) is 16.6 Å². The van der Waals surface area contributed by atoms with Crippen LogP contribution in [-0.2, 0) is 0 Å². The van der Waals surface area contributed by atoms with Crippen LogP contribution in [0.15, 0.2) is 41.5 Å². The summed E-state index contributed by atoms with van der Waals surface area (Å²) in [7, 11) is 1.55. The maximum Gasteiger partial charge on any atom is 0.196 e. The van der Waals surface area contributed by atoms with Gasteiger partial charge in [0.2, 0.25) is 0 Å². The lowest BCUT2D eigenvalue weighted by Crippen LogP contribution is -2.42. The first-order valence-corrected chi connectivity index (χ1v) is 6.70. The Labute approximate surface area is 123 Å². The fraction of sp³-hybridized carbons (Fsp3) is 0.294. The second-order valence-electron chi connectivity index (χ2n) is 5.82. The normalized spacial score (nSPS) is 22.0. The molecular formula is C17H15NO3. The lowest BCUT2D eigenvalue weighted by molar-refractivity contribution is 0.0845. The van der Waals surface area contributed by atoms with E-state index in [0.717, 1.165) is 0 Å². The fourth-order valence-corrected chi connectivity index (χ4v) is 2.83. The molecule has 1 aliphatic carbocycles. The first kappa shape index (κ1) is 13.4. The van der Waals surface area contributed by atoms with Gasteiger partial charge in [-0.2, -0.15) is 5.26 Å². The van der Waals surface area contributed by atoms with E-state index >= 15 is 0 Å². The molecule has 0 radical (unpaired) electrons. The first-order chi connectivity index (χ1) is 9.96. The van der Waals surface area contributed by atoms with Gasteiger partial charge >= 0.3 is 0 Å². The topological polar surface area (TPSA) is 59.3 Å². The maximum atomic E-state index is 12.7. The van der Waals surface area contributed by atoms with Crippen molar-refractivity contribution < 1.29 is 14.3 Å². The number of Topliss-reactive ketones (excluding diaryl/α,β-unsaturated/α-hetero) is 1. The van der Waals surface area contributed by atoms with Crippen LogP contribution in [0.1, 0.15) is 24.2 Å². The number of hydrogen-bond acceptors (Lipinski definition) is 4. The second kappa shape index (κ2) is 4.49. The molecule has 0 N–H and O–H groups in total. The largest absolute Gasteiger partial charge is 0.497 e. The summed E-state index contributed by atoms with van der Waals surface area (Å²) in [5.74, 6) is 1.06. The minimum absolute atomic E-state index is 0.103. The molecule has 1 aromatic carbocycles. The van der Waals surface area contributed by atoms with Crippen molar-refractivity contribution in [1.82, 2.24) is 0 Å². The highest BCUT2D eigenvalue weighted by atomic mass is 16.5. The lowest BCUT2D eigenvalue weighted by Gasteiger charge is -2.39. The molecule has 0 amide bonds. The van der Waals surface area contributed by atoms with Crippen molar-refractivity contribution in [3.8, 4) is 17.6 Å². The minimum atomic E-state index is -0.414. The smallest absolute Gasteiger partial charge is 0.196 e. The van der Waals surface area contributed by atoms with Crippen LogP contribution in [0.3, 0.4) is 0 Å². The lowest BCUT2D eigenvalue weighted by atomic mass is 9.73. The van der Waals surface area contributed by atoms with E-state index in [0.29, 0.717) is 28.2 Å². The van der Waals surface area contributed by atoms with E-state index in [2.05, 4.69) is 6.07 Å². The number of carbonyl (C=O) groups is 1. The van der Waals surface area contributed by atoms with Crippen LogP contribution in [0.2, 0.25) is 0 Å². The number of fused-ring (bicyclic) bond motifs is 2. The molecule has 4 heteroatoms. The maximum absolute atomic E-state index is 12.7. The van der Waals surface area contributed by atoms with Crippen LogP contribution in [0.25, 0.3) is 0 Å². The standard InChI is InChI=1S/C17H15NO3/c1-17(2)8-10(9-18)6-13-15(19)12-7-11(20-3)4-5-14(12)21-16(13)17/h4-8,16H,1-3H3. The highest BCUT2D eigenvalue weighted by Crippen LogP contribution is 2.43. The van der Waals surface area contributed by atoms with Crippen molar-refractivity contribution in [2.24, 2.45) is 5.41 Å². The van der Waals surface area contributed by atoms with Gasteiger partial charge in [0.05, 0.1) is 18.7 Å². The predicted molar refractivity (Wildman–Crippen MR) is 77.3 cm³/mol. The van der Waals surface area contributed by atoms with Crippen LogP contribution in [0.4, 0.5) is 0 Å². The van der Waals surface area contributed by atoms with E-state index < -0.39 is 5.41 Å². The van der Waals surface area contributed by atoms with Gasteiger partial charge in [-0.25, -0.2) is 0 Å². The Morgan fingerprint density at radius 2 is 2.14 bits per heavy atom. The van der Waals surface area contributed by atoms with E-state index in [1.165, 1.54) is 0 Å².